The van der Waals surface area contributed by atoms with Crippen LogP contribution in [0, 0.1) is 6.92 Å². The van der Waals surface area contributed by atoms with Gasteiger partial charge in [0.2, 0.25) is 0 Å². The van der Waals surface area contributed by atoms with Crippen molar-refractivity contribution in [2.45, 2.75) is 45.3 Å². The fourth-order valence-corrected chi connectivity index (χ4v) is 4.34. The van der Waals surface area contributed by atoms with E-state index in [1.165, 1.54) is 22.2 Å². The van der Waals surface area contributed by atoms with Gasteiger partial charge in [0.05, 0.1) is 12.7 Å². The summed E-state index contributed by atoms with van der Waals surface area (Å²) >= 11 is 0. The van der Waals surface area contributed by atoms with E-state index in [4.69, 9.17) is 14.5 Å². The number of ether oxygens (including phenoxy) is 2. The number of morpholine rings is 1. The summed E-state index contributed by atoms with van der Waals surface area (Å²) in [5.41, 5.74) is 3.82. The molecule has 2 saturated heterocycles. The molecule has 2 atom stereocenters. The molecule has 152 valence electrons. The Hall–Kier alpha value is -2.05. The van der Waals surface area contributed by atoms with Gasteiger partial charge in [0.1, 0.15) is 6.10 Å². The summed E-state index contributed by atoms with van der Waals surface area (Å²) in [4.78, 5) is 10.8. The first-order valence-corrected chi connectivity index (χ1v) is 10.6. The van der Waals surface area contributed by atoms with Gasteiger partial charge in [-0.1, -0.05) is 18.2 Å². The fraction of sp³-hybridized carbons (Fsp3) is 0.591. The van der Waals surface area contributed by atoms with Gasteiger partial charge in [0.25, 0.3) is 0 Å². The number of aromatic amines is 1. The van der Waals surface area contributed by atoms with E-state index >= 15 is 0 Å². The molecule has 2 aliphatic heterocycles. The highest BCUT2D eigenvalue weighted by molar-refractivity contribution is 5.84. The first-order valence-electron chi connectivity index (χ1n) is 10.6. The van der Waals surface area contributed by atoms with Crippen molar-refractivity contribution in [1.82, 2.24) is 15.2 Å². The average Bonchev–Trinajstić information content (AvgIpc) is 3.36. The maximum Gasteiger partial charge on any atom is 0.194 e. The van der Waals surface area contributed by atoms with E-state index in [1.54, 1.807) is 0 Å². The van der Waals surface area contributed by atoms with Gasteiger partial charge in [-0.25, -0.2) is 0 Å². The van der Waals surface area contributed by atoms with E-state index in [2.05, 4.69) is 53.3 Å². The molecule has 0 radical (unpaired) electrons. The number of fused-ring (bicyclic) bond motifs is 1. The van der Waals surface area contributed by atoms with Crippen molar-refractivity contribution in [2.75, 3.05) is 39.4 Å². The van der Waals surface area contributed by atoms with Crippen molar-refractivity contribution in [3.8, 4) is 0 Å². The summed E-state index contributed by atoms with van der Waals surface area (Å²) in [6.45, 7) is 9.23. The summed E-state index contributed by atoms with van der Waals surface area (Å²) in [5, 5.41) is 4.78. The molecule has 1 aromatic heterocycles. The Kier molecular flexibility index (Phi) is 6.17. The van der Waals surface area contributed by atoms with Crippen molar-refractivity contribution in [1.29, 1.82) is 0 Å². The van der Waals surface area contributed by atoms with E-state index in [0.717, 1.165) is 64.6 Å². The number of H-pyrrole nitrogens is 1. The molecule has 1 aromatic carbocycles. The molecular formula is C22H32N4O2. The molecule has 2 aliphatic rings. The molecule has 0 amide bonds. The highest BCUT2D eigenvalue weighted by Gasteiger charge is 2.32. The van der Waals surface area contributed by atoms with Gasteiger partial charge >= 0.3 is 0 Å². The molecule has 0 bridgehead atoms. The predicted octanol–water partition coefficient (Wildman–Crippen LogP) is 2.86. The van der Waals surface area contributed by atoms with Crippen LogP contribution in [0.3, 0.4) is 0 Å². The predicted molar refractivity (Wildman–Crippen MR) is 113 cm³/mol. The van der Waals surface area contributed by atoms with Crippen LogP contribution in [0.25, 0.3) is 10.9 Å². The Bertz CT molecular complexity index is 810. The second-order valence-electron chi connectivity index (χ2n) is 7.67. The normalized spacial score (nSPS) is 23.5. The number of nitrogens with one attached hydrogen (secondary N) is 2. The summed E-state index contributed by atoms with van der Waals surface area (Å²) in [5.74, 6) is 0.992. The Morgan fingerprint density at radius 3 is 2.93 bits per heavy atom. The van der Waals surface area contributed by atoms with Crippen LogP contribution < -0.4 is 5.32 Å². The highest BCUT2D eigenvalue weighted by Crippen LogP contribution is 2.23. The van der Waals surface area contributed by atoms with Gasteiger partial charge in [-0.05, 0) is 44.7 Å². The van der Waals surface area contributed by atoms with Gasteiger partial charge in [-0.3, -0.25) is 4.99 Å². The van der Waals surface area contributed by atoms with Crippen molar-refractivity contribution in [2.24, 2.45) is 4.99 Å². The quantitative estimate of drug-likeness (QED) is 0.615. The summed E-state index contributed by atoms with van der Waals surface area (Å²) in [7, 11) is 0. The summed E-state index contributed by atoms with van der Waals surface area (Å²) in [6, 6.07) is 8.51. The maximum absolute atomic E-state index is 5.99. The van der Waals surface area contributed by atoms with Crippen molar-refractivity contribution in [3.05, 3.63) is 35.5 Å². The van der Waals surface area contributed by atoms with Crippen LogP contribution in [-0.4, -0.2) is 67.4 Å². The SMILES string of the molecule is CCNC(=NCCc1c(C)[nH]c2ccccc12)N1CCOC(C2CCCO2)C1. The van der Waals surface area contributed by atoms with Crippen LogP contribution >= 0.6 is 0 Å². The molecule has 0 aliphatic carbocycles. The molecular weight excluding hydrogens is 352 g/mol. The molecule has 2 aromatic rings. The molecule has 3 heterocycles. The van der Waals surface area contributed by atoms with E-state index in [-0.39, 0.29) is 12.2 Å². The Morgan fingerprint density at radius 1 is 1.25 bits per heavy atom. The third-order valence-corrected chi connectivity index (χ3v) is 5.76. The number of rotatable bonds is 5. The topological polar surface area (TPSA) is 61.9 Å². The molecule has 28 heavy (non-hydrogen) atoms. The Morgan fingerprint density at radius 2 is 2.11 bits per heavy atom. The molecule has 2 unspecified atom stereocenters. The first kappa shape index (κ1) is 19.3. The van der Waals surface area contributed by atoms with Gasteiger partial charge in [-0.15, -0.1) is 0 Å². The Labute approximate surface area is 167 Å². The van der Waals surface area contributed by atoms with E-state index < -0.39 is 0 Å². The molecule has 2 N–H and O–H groups in total. The van der Waals surface area contributed by atoms with Gasteiger partial charge < -0.3 is 24.7 Å². The van der Waals surface area contributed by atoms with Crippen LogP contribution in [0.1, 0.15) is 31.0 Å². The van der Waals surface area contributed by atoms with E-state index in [0.29, 0.717) is 0 Å². The lowest BCUT2D eigenvalue weighted by Crippen LogP contribution is -2.53. The van der Waals surface area contributed by atoms with Gasteiger partial charge in [0, 0.05) is 49.4 Å². The fourth-order valence-electron chi connectivity index (χ4n) is 4.34. The number of hydrogen-bond donors (Lipinski definition) is 2. The zero-order chi connectivity index (χ0) is 19.3. The summed E-state index contributed by atoms with van der Waals surface area (Å²) in [6.07, 6.45) is 3.56. The largest absolute Gasteiger partial charge is 0.375 e. The smallest absolute Gasteiger partial charge is 0.194 e. The monoisotopic (exact) mass is 384 g/mol. The number of guanidine groups is 1. The number of nitrogens with zero attached hydrogens (tertiary/aromatic N) is 2. The lowest BCUT2D eigenvalue weighted by molar-refractivity contribution is -0.0817. The van der Waals surface area contributed by atoms with Crippen LogP contribution in [0.2, 0.25) is 0 Å². The van der Waals surface area contributed by atoms with Crippen LogP contribution in [0.4, 0.5) is 0 Å². The molecule has 0 spiro atoms. The minimum atomic E-state index is 0.149. The average molecular weight is 385 g/mol. The number of hydrogen-bond acceptors (Lipinski definition) is 3. The lowest BCUT2D eigenvalue weighted by Gasteiger charge is -2.37. The van der Waals surface area contributed by atoms with Crippen LogP contribution in [-0.2, 0) is 15.9 Å². The maximum atomic E-state index is 5.99. The second-order valence-corrected chi connectivity index (χ2v) is 7.67. The zero-order valence-electron chi connectivity index (χ0n) is 17.0. The van der Waals surface area contributed by atoms with Crippen molar-refractivity contribution in [3.63, 3.8) is 0 Å². The number of aliphatic imine (C=N–C) groups is 1. The number of para-hydroxylation sites is 1. The molecule has 0 saturated carbocycles. The van der Waals surface area contributed by atoms with Crippen LogP contribution in [0.15, 0.2) is 29.3 Å². The Balaban J connectivity index is 1.43. The van der Waals surface area contributed by atoms with Crippen molar-refractivity contribution >= 4 is 16.9 Å². The zero-order valence-corrected chi connectivity index (χ0v) is 17.0. The minimum Gasteiger partial charge on any atom is -0.375 e. The summed E-state index contributed by atoms with van der Waals surface area (Å²) < 4.78 is 11.8. The lowest BCUT2D eigenvalue weighted by atomic mass is 10.1. The van der Waals surface area contributed by atoms with Gasteiger partial charge in [0.15, 0.2) is 5.96 Å². The first-order chi connectivity index (χ1) is 13.8. The number of aryl methyl sites for hydroxylation is 1. The third-order valence-electron chi connectivity index (χ3n) is 5.76. The second kappa shape index (κ2) is 8.97. The van der Waals surface area contributed by atoms with E-state index in [1.807, 2.05) is 0 Å². The van der Waals surface area contributed by atoms with Gasteiger partial charge in [-0.2, -0.15) is 0 Å². The van der Waals surface area contributed by atoms with Crippen LogP contribution in [0.5, 0.6) is 0 Å². The van der Waals surface area contributed by atoms with Crippen molar-refractivity contribution < 1.29 is 9.47 Å². The molecule has 4 rings (SSSR count). The standard InChI is InChI=1S/C22H32N4O2/c1-3-23-22(26-12-14-28-21(15-26)20-9-6-13-27-20)24-11-10-17-16(2)25-19-8-5-4-7-18(17)19/h4-5,7-8,20-21,25H,3,6,9-15H2,1-2H3,(H,23,24). The number of benzene rings is 1. The molecule has 2 fully saturated rings. The molecule has 6 nitrogen and oxygen atoms in total. The number of aromatic nitrogens is 1. The highest BCUT2D eigenvalue weighted by atomic mass is 16.5. The molecule has 6 heteroatoms. The minimum absolute atomic E-state index is 0.149. The third kappa shape index (κ3) is 4.18. The van der Waals surface area contributed by atoms with E-state index in [9.17, 15) is 0 Å².